The van der Waals surface area contributed by atoms with Crippen molar-refractivity contribution in [1.29, 1.82) is 0 Å². The van der Waals surface area contributed by atoms with Crippen molar-refractivity contribution in [2.24, 2.45) is 11.8 Å². The second-order valence-electron chi connectivity index (χ2n) is 8.48. The SMILES string of the molecule is C[C@@H]1C[C@@H](C)CN(C(=O)CN2CCN(C(=O)N[C@@H](C)Cn3cncn3)CC2)C1. The van der Waals surface area contributed by atoms with E-state index in [0.717, 1.165) is 26.2 Å². The van der Waals surface area contributed by atoms with Crippen molar-refractivity contribution in [3.05, 3.63) is 12.7 Å². The molecule has 3 rings (SSSR count). The number of urea groups is 1. The molecule has 0 bridgehead atoms. The van der Waals surface area contributed by atoms with E-state index >= 15 is 0 Å². The highest BCUT2D eigenvalue weighted by molar-refractivity contribution is 5.78. The number of carbonyl (C=O) groups is 2. The second kappa shape index (κ2) is 9.36. The maximum Gasteiger partial charge on any atom is 0.317 e. The van der Waals surface area contributed by atoms with Crippen LogP contribution in [0.5, 0.6) is 0 Å². The third kappa shape index (κ3) is 5.67. The second-order valence-corrected chi connectivity index (χ2v) is 8.48. The summed E-state index contributed by atoms with van der Waals surface area (Å²) in [5.41, 5.74) is 0. The van der Waals surface area contributed by atoms with Crippen LogP contribution >= 0.6 is 0 Å². The van der Waals surface area contributed by atoms with Gasteiger partial charge in [0.1, 0.15) is 12.7 Å². The minimum Gasteiger partial charge on any atom is -0.341 e. The molecule has 2 aliphatic heterocycles. The molecule has 9 nitrogen and oxygen atoms in total. The van der Waals surface area contributed by atoms with E-state index in [2.05, 4.69) is 34.1 Å². The Bertz CT molecular complexity index is 633. The molecule has 0 spiro atoms. The molecule has 2 saturated heterocycles. The maximum atomic E-state index is 12.6. The molecule has 1 aromatic rings. The van der Waals surface area contributed by atoms with Gasteiger partial charge in [0, 0.05) is 45.3 Å². The Morgan fingerprint density at radius 3 is 2.39 bits per heavy atom. The lowest BCUT2D eigenvalue weighted by atomic mass is 9.92. The van der Waals surface area contributed by atoms with Crippen LogP contribution in [0.3, 0.4) is 0 Å². The van der Waals surface area contributed by atoms with Gasteiger partial charge in [-0.25, -0.2) is 9.78 Å². The Balaban J connectivity index is 1.39. The number of rotatable bonds is 5. The number of amides is 3. The van der Waals surface area contributed by atoms with Gasteiger partial charge >= 0.3 is 6.03 Å². The molecule has 0 aromatic carbocycles. The Labute approximate surface area is 167 Å². The average Bonchev–Trinajstić information content (AvgIpc) is 3.14. The zero-order chi connectivity index (χ0) is 20.1. The van der Waals surface area contributed by atoms with Crippen molar-refractivity contribution in [3.8, 4) is 0 Å². The molecule has 156 valence electrons. The summed E-state index contributed by atoms with van der Waals surface area (Å²) in [6, 6.07) is -0.0887. The lowest BCUT2D eigenvalue weighted by molar-refractivity contribution is -0.135. The number of carbonyl (C=O) groups excluding carboxylic acids is 2. The number of aromatic nitrogens is 3. The van der Waals surface area contributed by atoms with Crippen LogP contribution in [-0.2, 0) is 11.3 Å². The maximum absolute atomic E-state index is 12.6. The number of piperidine rings is 1. The molecule has 0 radical (unpaired) electrons. The van der Waals surface area contributed by atoms with Gasteiger partial charge in [0.2, 0.25) is 5.91 Å². The zero-order valence-electron chi connectivity index (χ0n) is 17.3. The summed E-state index contributed by atoms with van der Waals surface area (Å²) in [5.74, 6) is 1.37. The summed E-state index contributed by atoms with van der Waals surface area (Å²) in [6.45, 7) is 11.9. The van der Waals surface area contributed by atoms with E-state index < -0.39 is 0 Å². The minimum absolute atomic E-state index is 0.0307. The predicted molar refractivity (Wildman–Crippen MR) is 106 cm³/mol. The van der Waals surface area contributed by atoms with Crippen LogP contribution in [0.2, 0.25) is 0 Å². The highest BCUT2D eigenvalue weighted by Gasteiger charge is 2.28. The van der Waals surface area contributed by atoms with Gasteiger partial charge in [0.25, 0.3) is 0 Å². The Morgan fingerprint density at radius 2 is 1.79 bits per heavy atom. The summed E-state index contributed by atoms with van der Waals surface area (Å²) in [5, 5.41) is 7.07. The van der Waals surface area contributed by atoms with E-state index in [9.17, 15) is 9.59 Å². The minimum atomic E-state index is -0.0581. The van der Waals surface area contributed by atoms with Crippen LogP contribution in [-0.4, -0.2) is 93.3 Å². The molecular formula is C19H33N7O2. The van der Waals surface area contributed by atoms with Gasteiger partial charge in [0.05, 0.1) is 13.1 Å². The fourth-order valence-electron chi connectivity index (χ4n) is 4.22. The molecule has 3 heterocycles. The lowest BCUT2D eigenvalue weighted by Crippen LogP contribution is -2.55. The Hall–Kier alpha value is -2.16. The van der Waals surface area contributed by atoms with Crippen molar-refractivity contribution in [3.63, 3.8) is 0 Å². The van der Waals surface area contributed by atoms with Crippen LogP contribution in [0.25, 0.3) is 0 Å². The van der Waals surface area contributed by atoms with E-state index in [0.29, 0.717) is 38.0 Å². The van der Waals surface area contributed by atoms with Gasteiger partial charge in [-0.05, 0) is 25.2 Å². The van der Waals surface area contributed by atoms with Crippen molar-refractivity contribution in [2.45, 2.75) is 39.8 Å². The van der Waals surface area contributed by atoms with Crippen LogP contribution in [0.15, 0.2) is 12.7 Å². The van der Waals surface area contributed by atoms with Gasteiger partial charge in [-0.1, -0.05) is 13.8 Å². The Kier molecular flexibility index (Phi) is 6.88. The molecule has 1 aromatic heterocycles. The summed E-state index contributed by atoms with van der Waals surface area (Å²) in [7, 11) is 0. The topological polar surface area (TPSA) is 86.6 Å². The fraction of sp³-hybridized carbons (Fsp3) is 0.789. The molecule has 0 aliphatic carbocycles. The smallest absolute Gasteiger partial charge is 0.317 e. The zero-order valence-corrected chi connectivity index (χ0v) is 17.3. The first-order valence-corrected chi connectivity index (χ1v) is 10.3. The van der Waals surface area contributed by atoms with Crippen LogP contribution in [0.1, 0.15) is 27.2 Å². The molecule has 0 saturated carbocycles. The van der Waals surface area contributed by atoms with E-state index in [1.54, 1.807) is 11.0 Å². The van der Waals surface area contributed by atoms with Crippen LogP contribution < -0.4 is 5.32 Å². The predicted octanol–water partition coefficient (Wildman–Crippen LogP) is 0.498. The number of nitrogens with zero attached hydrogens (tertiary/aromatic N) is 6. The van der Waals surface area contributed by atoms with Crippen LogP contribution in [0, 0.1) is 11.8 Å². The van der Waals surface area contributed by atoms with Gasteiger partial charge in [0.15, 0.2) is 0 Å². The molecule has 3 amide bonds. The summed E-state index contributed by atoms with van der Waals surface area (Å²) in [4.78, 5) is 35.0. The first-order chi connectivity index (χ1) is 13.4. The van der Waals surface area contributed by atoms with Gasteiger partial charge < -0.3 is 15.1 Å². The van der Waals surface area contributed by atoms with Crippen LogP contribution in [0.4, 0.5) is 4.79 Å². The number of piperazine rings is 1. The average molecular weight is 392 g/mol. The lowest BCUT2D eigenvalue weighted by Gasteiger charge is -2.38. The van der Waals surface area contributed by atoms with E-state index in [-0.39, 0.29) is 18.0 Å². The Morgan fingerprint density at radius 1 is 1.11 bits per heavy atom. The largest absolute Gasteiger partial charge is 0.341 e. The molecule has 1 N–H and O–H groups in total. The normalized spacial score (nSPS) is 24.8. The van der Waals surface area contributed by atoms with Gasteiger partial charge in [-0.3, -0.25) is 14.4 Å². The highest BCUT2D eigenvalue weighted by Crippen LogP contribution is 2.21. The summed E-state index contributed by atoms with van der Waals surface area (Å²) < 4.78 is 1.71. The monoisotopic (exact) mass is 391 g/mol. The molecule has 28 heavy (non-hydrogen) atoms. The van der Waals surface area contributed by atoms with Crippen molar-refractivity contribution in [2.75, 3.05) is 45.8 Å². The summed E-state index contributed by atoms with van der Waals surface area (Å²) in [6.07, 6.45) is 4.33. The van der Waals surface area contributed by atoms with Crippen molar-refractivity contribution < 1.29 is 9.59 Å². The number of hydrogen-bond acceptors (Lipinski definition) is 5. The third-order valence-corrected chi connectivity index (χ3v) is 5.54. The summed E-state index contributed by atoms with van der Waals surface area (Å²) >= 11 is 0. The molecule has 2 aliphatic rings. The van der Waals surface area contributed by atoms with E-state index in [1.165, 1.54) is 12.7 Å². The first-order valence-electron chi connectivity index (χ1n) is 10.3. The number of hydrogen-bond donors (Lipinski definition) is 1. The highest BCUT2D eigenvalue weighted by atomic mass is 16.2. The molecule has 9 heteroatoms. The molecular weight excluding hydrogens is 358 g/mol. The molecule has 2 fully saturated rings. The standard InChI is InChI=1S/C19H33N7O2/c1-15-8-16(2)10-25(9-15)18(27)12-23-4-6-24(7-5-23)19(28)22-17(3)11-26-14-20-13-21-26/h13-17H,4-12H2,1-3H3,(H,22,28)/t15-,16-,17+/m1/s1. The van der Waals surface area contributed by atoms with E-state index in [4.69, 9.17) is 0 Å². The quantitative estimate of drug-likeness (QED) is 0.790. The number of likely N-dealkylation sites (tertiary alicyclic amines) is 1. The fourth-order valence-corrected chi connectivity index (χ4v) is 4.22. The molecule has 0 unspecified atom stereocenters. The number of nitrogens with one attached hydrogen (secondary N) is 1. The first kappa shape index (κ1) is 20.6. The van der Waals surface area contributed by atoms with Gasteiger partial charge in [-0.2, -0.15) is 5.10 Å². The van der Waals surface area contributed by atoms with E-state index in [1.807, 2.05) is 16.7 Å². The van der Waals surface area contributed by atoms with Crippen molar-refractivity contribution >= 4 is 11.9 Å². The van der Waals surface area contributed by atoms with Gasteiger partial charge in [-0.15, -0.1) is 0 Å². The molecule has 3 atom stereocenters. The van der Waals surface area contributed by atoms with Crippen molar-refractivity contribution in [1.82, 2.24) is 34.8 Å². The third-order valence-electron chi connectivity index (χ3n) is 5.54.